The quantitative estimate of drug-likeness (QED) is 0.396. The maximum Gasteiger partial charge on any atom is 0.255 e. The topological polar surface area (TPSA) is 70.7 Å². The Morgan fingerprint density at radius 3 is 2.36 bits per heavy atom. The highest BCUT2D eigenvalue weighted by molar-refractivity contribution is 6.00. The second-order valence-corrected chi connectivity index (χ2v) is 2.03. The molecule has 0 aromatic rings. The van der Waals surface area contributed by atoms with Gasteiger partial charge in [0, 0.05) is 19.9 Å². The molecule has 0 aromatic carbocycles. The smallest absolute Gasteiger partial charge is 0.255 e. The fourth-order valence-corrected chi connectivity index (χ4v) is 0.749. The number of hydrogen-bond acceptors (Lipinski definition) is 5. The molecule has 0 radical (unpaired) electrons. The Bertz CT molecular complexity index is 166. The lowest BCUT2D eigenvalue weighted by Crippen LogP contribution is -2.40. The molecule has 0 atom stereocenters. The van der Waals surface area contributed by atoms with Gasteiger partial charge in [-0.3, -0.25) is 9.59 Å². The van der Waals surface area contributed by atoms with Gasteiger partial charge < -0.3 is 0 Å². The highest BCUT2D eigenvalue weighted by atomic mass is 16.8. The summed E-state index contributed by atoms with van der Waals surface area (Å²) in [5.41, 5.74) is 4.60. The van der Waals surface area contributed by atoms with Crippen LogP contribution in [-0.2, 0) is 14.5 Å². The van der Waals surface area contributed by atoms with Crippen LogP contribution >= 0.6 is 0 Å². The van der Waals surface area contributed by atoms with Crippen molar-refractivity contribution in [2.75, 3.05) is 7.05 Å². The van der Waals surface area contributed by atoms with E-state index in [2.05, 4.69) is 16.0 Å². The van der Waals surface area contributed by atoms with Crippen molar-refractivity contribution in [2.24, 2.45) is 0 Å². The van der Waals surface area contributed by atoms with Gasteiger partial charge in [-0.2, -0.15) is 4.94 Å². The van der Waals surface area contributed by atoms with Crippen molar-refractivity contribution in [3.63, 3.8) is 0 Å². The number of amides is 2. The van der Waals surface area contributed by atoms with Crippen LogP contribution < -0.4 is 11.0 Å². The summed E-state index contributed by atoms with van der Waals surface area (Å²) >= 11 is 0. The van der Waals surface area contributed by atoms with Gasteiger partial charge in [0.25, 0.3) is 11.8 Å². The number of carbonyl (C=O) groups excluding carboxylic acids is 2. The molecule has 6 nitrogen and oxygen atoms in total. The minimum Gasteiger partial charge on any atom is -0.272 e. The summed E-state index contributed by atoms with van der Waals surface area (Å²) in [6.45, 7) is 0. The maximum atomic E-state index is 10.8. The molecule has 2 amide bonds. The van der Waals surface area contributed by atoms with Crippen molar-refractivity contribution in [2.45, 2.75) is 12.8 Å². The number of hydroxylamine groups is 2. The van der Waals surface area contributed by atoms with Gasteiger partial charge >= 0.3 is 0 Å². The maximum absolute atomic E-state index is 10.8. The molecular weight excluding hydrogens is 150 g/mol. The summed E-state index contributed by atoms with van der Waals surface area (Å²) in [4.78, 5) is 26.2. The van der Waals surface area contributed by atoms with Crippen molar-refractivity contribution in [3.05, 3.63) is 0 Å². The van der Waals surface area contributed by atoms with E-state index in [4.69, 9.17) is 0 Å². The van der Waals surface area contributed by atoms with Crippen molar-refractivity contribution in [3.8, 4) is 0 Å². The molecule has 0 bridgehead atoms. The molecule has 1 aliphatic heterocycles. The third-order valence-corrected chi connectivity index (χ3v) is 1.24. The Kier molecular flexibility index (Phi) is 2.53. The zero-order chi connectivity index (χ0) is 8.27. The van der Waals surface area contributed by atoms with Gasteiger partial charge in [0.1, 0.15) is 0 Å². The molecule has 0 aliphatic carbocycles. The molecule has 0 aromatic heterocycles. The van der Waals surface area contributed by atoms with Crippen LogP contribution in [0, 0.1) is 0 Å². The van der Waals surface area contributed by atoms with Gasteiger partial charge in [0.05, 0.1) is 0 Å². The molecule has 6 heteroatoms. The molecule has 0 unspecified atom stereocenters. The van der Waals surface area contributed by atoms with E-state index in [1.54, 1.807) is 7.05 Å². The first-order chi connectivity index (χ1) is 5.25. The molecule has 0 spiro atoms. The van der Waals surface area contributed by atoms with Crippen LogP contribution in [0.4, 0.5) is 0 Å². The molecule has 0 saturated carbocycles. The average Bonchev–Trinajstić information content (AvgIpc) is 2.29. The Morgan fingerprint density at radius 2 is 1.91 bits per heavy atom. The first-order valence-electron chi connectivity index (χ1n) is 3.20. The minimum absolute atomic E-state index is 0.226. The average molecular weight is 159 g/mol. The number of imide groups is 1. The second kappa shape index (κ2) is 3.42. The molecule has 11 heavy (non-hydrogen) atoms. The van der Waals surface area contributed by atoms with E-state index in [0.29, 0.717) is 5.06 Å². The molecule has 1 rings (SSSR count). The monoisotopic (exact) mass is 159 g/mol. The Hall–Kier alpha value is -0.980. The summed E-state index contributed by atoms with van der Waals surface area (Å²) < 4.78 is 0. The van der Waals surface area contributed by atoms with Gasteiger partial charge in [-0.05, 0) is 0 Å². The van der Waals surface area contributed by atoms with Crippen LogP contribution in [0.25, 0.3) is 0 Å². The third kappa shape index (κ3) is 1.73. The number of nitrogens with zero attached hydrogens (tertiary/aromatic N) is 1. The van der Waals surface area contributed by atoms with Gasteiger partial charge in [-0.1, -0.05) is 0 Å². The highest BCUT2D eigenvalue weighted by Crippen LogP contribution is 2.10. The van der Waals surface area contributed by atoms with Crippen LogP contribution in [0.15, 0.2) is 0 Å². The summed E-state index contributed by atoms with van der Waals surface area (Å²) in [7, 11) is 1.56. The lowest BCUT2D eigenvalue weighted by Gasteiger charge is -2.11. The van der Waals surface area contributed by atoms with Gasteiger partial charge in [-0.25, -0.2) is 5.43 Å². The second-order valence-electron chi connectivity index (χ2n) is 2.03. The first-order valence-corrected chi connectivity index (χ1v) is 3.20. The summed E-state index contributed by atoms with van der Waals surface area (Å²) in [6.07, 6.45) is 0.453. The molecule has 1 aliphatic rings. The molecule has 1 saturated heterocycles. The number of hydrazine groups is 1. The molecule has 2 N–H and O–H groups in total. The largest absolute Gasteiger partial charge is 0.272 e. The minimum atomic E-state index is -0.322. The van der Waals surface area contributed by atoms with Crippen molar-refractivity contribution in [1.82, 2.24) is 16.1 Å². The van der Waals surface area contributed by atoms with E-state index in [1.807, 2.05) is 0 Å². The van der Waals surface area contributed by atoms with E-state index in [9.17, 15) is 9.59 Å². The van der Waals surface area contributed by atoms with Crippen LogP contribution in [0.2, 0.25) is 0 Å². The summed E-state index contributed by atoms with van der Waals surface area (Å²) in [5.74, 6) is -0.643. The van der Waals surface area contributed by atoms with Crippen molar-refractivity contribution < 1.29 is 14.5 Å². The highest BCUT2D eigenvalue weighted by Gasteiger charge is 2.30. The Balaban J connectivity index is 2.41. The standard InChI is InChI=1S/C5H9N3O3/c1-6-7-11-8-4(9)2-3-5(8)10/h6-7H,2-3H2,1H3. The number of hydrogen-bond donors (Lipinski definition) is 2. The zero-order valence-electron chi connectivity index (χ0n) is 6.09. The van der Waals surface area contributed by atoms with Crippen molar-refractivity contribution in [1.29, 1.82) is 0 Å². The number of nitrogens with one attached hydrogen (secondary N) is 2. The van der Waals surface area contributed by atoms with Crippen LogP contribution in [0.5, 0.6) is 0 Å². The zero-order valence-corrected chi connectivity index (χ0v) is 6.09. The van der Waals surface area contributed by atoms with Crippen LogP contribution in [0.3, 0.4) is 0 Å². The third-order valence-electron chi connectivity index (χ3n) is 1.24. The molecule has 62 valence electrons. The summed E-state index contributed by atoms with van der Waals surface area (Å²) in [6, 6.07) is 0. The Labute approximate surface area is 63.4 Å². The first kappa shape index (κ1) is 8.12. The normalized spacial score (nSPS) is 18.1. The van der Waals surface area contributed by atoms with E-state index >= 15 is 0 Å². The van der Waals surface area contributed by atoms with Gasteiger partial charge in [0.15, 0.2) is 0 Å². The fourth-order valence-electron chi connectivity index (χ4n) is 0.749. The molecular formula is C5H9N3O3. The van der Waals surface area contributed by atoms with Gasteiger partial charge in [-0.15, -0.1) is 10.7 Å². The SMILES string of the molecule is CNNON1C(=O)CCC1=O. The van der Waals surface area contributed by atoms with Crippen LogP contribution in [0.1, 0.15) is 12.8 Å². The lowest BCUT2D eigenvalue weighted by atomic mass is 10.4. The molecule has 1 fully saturated rings. The van der Waals surface area contributed by atoms with E-state index in [0.717, 1.165) is 0 Å². The molecule has 1 heterocycles. The Morgan fingerprint density at radius 1 is 1.36 bits per heavy atom. The summed E-state index contributed by atoms with van der Waals surface area (Å²) in [5, 5.41) is 0.705. The van der Waals surface area contributed by atoms with E-state index in [-0.39, 0.29) is 24.7 Å². The number of carbonyl (C=O) groups is 2. The number of rotatable bonds is 3. The van der Waals surface area contributed by atoms with Gasteiger partial charge in [0.2, 0.25) is 0 Å². The van der Waals surface area contributed by atoms with E-state index < -0.39 is 0 Å². The van der Waals surface area contributed by atoms with E-state index in [1.165, 1.54) is 0 Å². The van der Waals surface area contributed by atoms with Crippen LogP contribution in [-0.4, -0.2) is 23.9 Å². The predicted molar refractivity (Wildman–Crippen MR) is 34.4 cm³/mol. The lowest BCUT2D eigenvalue weighted by molar-refractivity contribution is -0.214. The predicted octanol–water partition coefficient (Wildman–Crippen LogP) is -1.29. The van der Waals surface area contributed by atoms with Crippen molar-refractivity contribution >= 4 is 11.8 Å². The fraction of sp³-hybridized carbons (Fsp3) is 0.600.